The van der Waals surface area contributed by atoms with E-state index in [9.17, 15) is 9.59 Å². The van der Waals surface area contributed by atoms with Crippen molar-refractivity contribution < 1.29 is 14.3 Å². The van der Waals surface area contributed by atoms with Gasteiger partial charge in [0.1, 0.15) is 6.54 Å². The summed E-state index contributed by atoms with van der Waals surface area (Å²) in [6, 6.07) is 13.8. The molecule has 0 N–H and O–H groups in total. The quantitative estimate of drug-likeness (QED) is 0.564. The van der Waals surface area contributed by atoms with E-state index in [1.165, 1.54) is 6.42 Å². The molecule has 1 aliphatic heterocycles. The molecule has 1 aliphatic carbocycles. The van der Waals surface area contributed by atoms with Crippen molar-refractivity contribution in [3.05, 3.63) is 60.6 Å². The van der Waals surface area contributed by atoms with Crippen molar-refractivity contribution >= 4 is 22.7 Å². The molecule has 0 bridgehead atoms. The minimum absolute atomic E-state index is 0.00881. The molecule has 1 atom stereocenters. The monoisotopic (exact) mass is 461 g/mol. The fourth-order valence-electron chi connectivity index (χ4n) is 5.05. The first kappa shape index (κ1) is 22.5. The maximum Gasteiger partial charge on any atom is 0.244 e. The Hall–Kier alpha value is -3.26. The van der Waals surface area contributed by atoms with Crippen LogP contribution in [0.1, 0.15) is 37.8 Å². The molecule has 2 aliphatic rings. The number of carbonyl (C=O) groups excluding carboxylic acids is 2. The maximum atomic E-state index is 13.3. The Kier molecular flexibility index (Phi) is 6.85. The number of hydrogen-bond acceptors (Lipinski definition) is 5. The van der Waals surface area contributed by atoms with Gasteiger partial charge in [-0.2, -0.15) is 5.10 Å². The minimum atomic E-state index is -0.270. The van der Waals surface area contributed by atoms with Crippen LogP contribution < -0.4 is 0 Å². The first-order valence-corrected chi connectivity index (χ1v) is 12.2. The third kappa shape index (κ3) is 5.12. The molecule has 1 aromatic carbocycles. The molecule has 1 saturated heterocycles. The molecular weight excluding hydrogens is 430 g/mol. The van der Waals surface area contributed by atoms with Crippen LogP contribution >= 0.6 is 0 Å². The van der Waals surface area contributed by atoms with Crippen LogP contribution in [0.3, 0.4) is 0 Å². The smallest absolute Gasteiger partial charge is 0.244 e. The summed E-state index contributed by atoms with van der Waals surface area (Å²) in [7, 11) is 0. The van der Waals surface area contributed by atoms with Gasteiger partial charge in [-0.15, -0.1) is 0 Å². The number of benzene rings is 1. The average Bonchev–Trinajstić information content (AvgIpc) is 3.20. The molecule has 2 amide bonds. The minimum Gasteiger partial charge on any atom is -0.368 e. The van der Waals surface area contributed by atoms with E-state index < -0.39 is 0 Å². The second-order valence-corrected chi connectivity index (χ2v) is 9.23. The standard InChI is InChI=1S/C26H31N5O3/c32-25(18-31-24-12-5-4-8-20(24)14-28-31)29-15-23(34-19-21-9-6-7-13-27-21)16-30(26(33)17-29)22-10-2-1-3-11-22/h4-9,12-14,22-23H,1-3,10-11,15-19H2/t23-/m0/s1. The number of ether oxygens (including phenoxy) is 1. The maximum absolute atomic E-state index is 13.3. The fourth-order valence-corrected chi connectivity index (χ4v) is 5.05. The SMILES string of the molecule is O=C(Cn1ncc2ccccc21)N1CC(=O)N(C2CCCCC2)C[C@@H](OCc2ccccn2)C1. The molecule has 34 heavy (non-hydrogen) atoms. The lowest BCUT2D eigenvalue weighted by Gasteiger charge is -2.34. The molecule has 8 heteroatoms. The van der Waals surface area contributed by atoms with Gasteiger partial charge in [0, 0.05) is 30.7 Å². The van der Waals surface area contributed by atoms with E-state index in [0.717, 1.165) is 42.3 Å². The van der Waals surface area contributed by atoms with Gasteiger partial charge in [-0.3, -0.25) is 19.3 Å². The van der Waals surface area contributed by atoms with E-state index in [1.807, 2.05) is 47.4 Å². The number of aromatic nitrogens is 3. The summed E-state index contributed by atoms with van der Waals surface area (Å²) >= 11 is 0. The molecule has 8 nitrogen and oxygen atoms in total. The highest BCUT2D eigenvalue weighted by Gasteiger charge is 2.35. The van der Waals surface area contributed by atoms with Crippen molar-refractivity contribution in [1.82, 2.24) is 24.6 Å². The van der Waals surface area contributed by atoms with Gasteiger partial charge in [0.25, 0.3) is 0 Å². The van der Waals surface area contributed by atoms with Gasteiger partial charge in [-0.05, 0) is 31.0 Å². The van der Waals surface area contributed by atoms with Crippen LogP contribution in [0.5, 0.6) is 0 Å². The zero-order valence-corrected chi connectivity index (χ0v) is 19.4. The topological polar surface area (TPSA) is 80.6 Å². The van der Waals surface area contributed by atoms with E-state index in [1.54, 1.807) is 22.0 Å². The molecule has 3 heterocycles. The number of hydrogen-bond donors (Lipinski definition) is 0. The second-order valence-electron chi connectivity index (χ2n) is 9.23. The Bertz CT molecular complexity index is 1130. The Morgan fingerprint density at radius 1 is 1.03 bits per heavy atom. The fraction of sp³-hybridized carbons (Fsp3) is 0.462. The van der Waals surface area contributed by atoms with Crippen molar-refractivity contribution in [3.63, 3.8) is 0 Å². The van der Waals surface area contributed by atoms with Gasteiger partial charge < -0.3 is 14.5 Å². The van der Waals surface area contributed by atoms with E-state index in [-0.39, 0.29) is 37.0 Å². The van der Waals surface area contributed by atoms with Gasteiger partial charge in [-0.1, -0.05) is 43.5 Å². The number of nitrogens with zero attached hydrogens (tertiary/aromatic N) is 5. The van der Waals surface area contributed by atoms with E-state index in [4.69, 9.17) is 4.74 Å². The summed E-state index contributed by atoms with van der Waals surface area (Å²) in [6.45, 7) is 1.41. The van der Waals surface area contributed by atoms with Crippen molar-refractivity contribution in [1.29, 1.82) is 0 Å². The number of carbonyl (C=O) groups is 2. The van der Waals surface area contributed by atoms with Crippen LogP contribution in [0.4, 0.5) is 0 Å². The molecule has 1 saturated carbocycles. The second kappa shape index (κ2) is 10.3. The summed E-state index contributed by atoms with van der Waals surface area (Å²) in [5.74, 6) is -0.117. The molecule has 0 radical (unpaired) electrons. The first-order valence-electron chi connectivity index (χ1n) is 12.2. The normalized spacial score (nSPS) is 20.0. The molecule has 5 rings (SSSR count). The number of rotatable bonds is 6. The highest BCUT2D eigenvalue weighted by atomic mass is 16.5. The Labute approximate surface area is 199 Å². The lowest BCUT2D eigenvalue weighted by Crippen LogP contribution is -2.46. The van der Waals surface area contributed by atoms with Crippen molar-refractivity contribution in [2.24, 2.45) is 0 Å². The summed E-state index contributed by atoms with van der Waals surface area (Å²) in [6.07, 6.45) is 8.78. The molecule has 2 aromatic heterocycles. The van der Waals surface area contributed by atoms with Gasteiger partial charge in [-0.25, -0.2) is 0 Å². The van der Waals surface area contributed by atoms with Crippen molar-refractivity contribution in [2.45, 2.75) is 57.4 Å². The molecule has 3 aromatic rings. The zero-order valence-electron chi connectivity index (χ0n) is 19.4. The lowest BCUT2D eigenvalue weighted by molar-refractivity contribution is -0.140. The van der Waals surface area contributed by atoms with E-state index in [0.29, 0.717) is 19.7 Å². The predicted molar refractivity (Wildman–Crippen MR) is 128 cm³/mol. The molecule has 0 spiro atoms. The van der Waals surface area contributed by atoms with E-state index in [2.05, 4.69) is 10.1 Å². The largest absolute Gasteiger partial charge is 0.368 e. The van der Waals surface area contributed by atoms with Crippen LogP contribution in [-0.2, 0) is 27.5 Å². The van der Waals surface area contributed by atoms with Crippen LogP contribution in [0.25, 0.3) is 10.9 Å². The summed E-state index contributed by atoms with van der Waals surface area (Å²) in [5, 5.41) is 5.38. The Morgan fingerprint density at radius 2 is 1.85 bits per heavy atom. The highest BCUT2D eigenvalue weighted by Crippen LogP contribution is 2.25. The zero-order chi connectivity index (χ0) is 23.3. The number of pyridine rings is 1. The molecule has 2 fully saturated rings. The highest BCUT2D eigenvalue weighted by molar-refractivity contribution is 5.86. The summed E-state index contributed by atoms with van der Waals surface area (Å²) < 4.78 is 7.94. The van der Waals surface area contributed by atoms with Crippen LogP contribution in [0.2, 0.25) is 0 Å². The van der Waals surface area contributed by atoms with Crippen LogP contribution in [0, 0.1) is 0 Å². The number of fused-ring (bicyclic) bond motifs is 1. The summed E-state index contributed by atoms with van der Waals surface area (Å²) in [5.41, 5.74) is 1.74. The Balaban J connectivity index is 1.33. The third-order valence-corrected chi connectivity index (χ3v) is 6.87. The van der Waals surface area contributed by atoms with Crippen molar-refractivity contribution in [2.75, 3.05) is 19.6 Å². The van der Waals surface area contributed by atoms with Gasteiger partial charge in [0.15, 0.2) is 0 Å². The number of para-hydroxylation sites is 1. The van der Waals surface area contributed by atoms with Crippen molar-refractivity contribution in [3.8, 4) is 0 Å². The van der Waals surface area contributed by atoms with E-state index >= 15 is 0 Å². The van der Waals surface area contributed by atoms with Gasteiger partial charge in [0.2, 0.25) is 11.8 Å². The molecule has 178 valence electrons. The third-order valence-electron chi connectivity index (χ3n) is 6.87. The summed E-state index contributed by atoms with van der Waals surface area (Å²) in [4.78, 5) is 34.6. The average molecular weight is 462 g/mol. The number of amides is 2. The molecular formula is C26H31N5O3. The first-order chi connectivity index (χ1) is 16.7. The Morgan fingerprint density at radius 3 is 2.68 bits per heavy atom. The molecule has 0 unspecified atom stereocenters. The van der Waals surface area contributed by atoms with Crippen LogP contribution in [-0.4, -0.2) is 68.2 Å². The van der Waals surface area contributed by atoms with Gasteiger partial charge in [0.05, 0.1) is 36.7 Å². The van der Waals surface area contributed by atoms with Gasteiger partial charge >= 0.3 is 0 Å². The van der Waals surface area contributed by atoms with Crippen LogP contribution in [0.15, 0.2) is 54.9 Å². The lowest BCUT2D eigenvalue weighted by atomic mass is 9.94. The predicted octanol–water partition coefficient (Wildman–Crippen LogP) is 3.02.